The number of carbonyl (C=O) groups is 1. The number of amides is 1. The van der Waals surface area contributed by atoms with E-state index in [1.54, 1.807) is 12.1 Å². The van der Waals surface area contributed by atoms with E-state index in [0.29, 0.717) is 39.4 Å². The number of hydrazone groups is 1. The summed E-state index contributed by atoms with van der Waals surface area (Å²) in [7, 11) is 4.60. The predicted octanol–water partition coefficient (Wildman–Crippen LogP) is 3.61. The minimum Gasteiger partial charge on any atom is -0.508 e. The molecular weight excluding hydrogens is 510 g/mol. The van der Waals surface area contributed by atoms with Gasteiger partial charge in [0, 0.05) is 22.9 Å². The average molecular weight is 536 g/mol. The second-order valence-corrected chi connectivity index (χ2v) is 8.66. The van der Waals surface area contributed by atoms with Gasteiger partial charge in [0.2, 0.25) is 5.75 Å². The van der Waals surface area contributed by atoms with E-state index in [1.807, 2.05) is 34.9 Å². The Labute approximate surface area is 222 Å². The Hall–Kier alpha value is -4.71. The van der Waals surface area contributed by atoms with Gasteiger partial charge in [-0.25, -0.2) is 5.43 Å². The van der Waals surface area contributed by atoms with Crippen molar-refractivity contribution in [2.45, 2.75) is 5.16 Å². The van der Waals surface area contributed by atoms with Gasteiger partial charge >= 0.3 is 0 Å². The highest BCUT2D eigenvalue weighted by molar-refractivity contribution is 7.99. The van der Waals surface area contributed by atoms with Crippen LogP contribution < -0.4 is 19.6 Å². The minimum absolute atomic E-state index is 0.000871. The fourth-order valence-electron chi connectivity index (χ4n) is 3.55. The summed E-state index contributed by atoms with van der Waals surface area (Å²) >= 11 is 1.18. The number of phenols is 2. The number of ether oxygens (including phenoxy) is 3. The fraction of sp³-hybridized carbons (Fsp3) is 0.154. The van der Waals surface area contributed by atoms with Crippen LogP contribution in [0.2, 0.25) is 0 Å². The number of nitrogens with zero attached hydrogens (tertiary/aromatic N) is 4. The molecule has 38 heavy (non-hydrogen) atoms. The maximum absolute atomic E-state index is 12.5. The number of benzene rings is 3. The summed E-state index contributed by atoms with van der Waals surface area (Å²) in [5.41, 5.74) is 4.23. The standard InChI is InChI=1S/C26H25N5O6S/c1-35-21-11-17(12-22(36-2)24(21)37-3)25-29-30-26(31(25)18-7-5-4-6-8-18)38-15-23(34)28-27-14-16-9-10-19(32)13-20(16)33/h4-14,32-33H,15H2,1-3H3,(H,28,34). The van der Waals surface area contributed by atoms with Crippen molar-refractivity contribution in [3.8, 4) is 45.8 Å². The zero-order chi connectivity index (χ0) is 27.1. The van der Waals surface area contributed by atoms with Crippen molar-refractivity contribution in [2.24, 2.45) is 5.10 Å². The molecule has 0 radical (unpaired) electrons. The van der Waals surface area contributed by atoms with Crippen LogP contribution in [0.4, 0.5) is 0 Å². The van der Waals surface area contributed by atoms with Gasteiger partial charge in [-0.3, -0.25) is 9.36 Å². The van der Waals surface area contributed by atoms with Crippen LogP contribution in [-0.2, 0) is 4.79 Å². The van der Waals surface area contributed by atoms with Crippen LogP contribution in [0.25, 0.3) is 17.1 Å². The number of aromatic nitrogens is 3. The first-order chi connectivity index (χ1) is 18.4. The van der Waals surface area contributed by atoms with Crippen LogP contribution in [0.15, 0.2) is 70.9 Å². The topological polar surface area (TPSA) is 140 Å². The van der Waals surface area contributed by atoms with Crippen molar-refractivity contribution < 1.29 is 29.2 Å². The molecule has 0 saturated carbocycles. The van der Waals surface area contributed by atoms with Crippen LogP contribution in [0.5, 0.6) is 28.7 Å². The number of para-hydroxylation sites is 1. The SMILES string of the molecule is COc1cc(-c2nnc(SCC(=O)NN=Cc3ccc(O)cc3O)n2-c2ccccc2)cc(OC)c1OC. The maximum Gasteiger partial charge on any atom is 0.250 e. The lowest BCUT2D eigenvalue weighted by molar-refractivity contribution is -0.118. The number of rotatable bonds is 10. The summed E-state index contributed by atoms with van der Waals surface area (Å²) in [5, 5.41) is 32.3. The van der Waals surface area contributed by atoms with E-state index in [-0.39, 0.29) is 23.2 Å². The zero-order valence-electron chi connectivity index (χ0n) is 20.8. The van der Waals surface area contributed by atoms with Crippen molar-refractivity contribution in [2.75, 3.05) is 27.1 Å². The first kappa shape index (κ1) is 26.4. The molecule has 4 rings (SSSR count). The van der Waals surface area contributed by atoms with Gasteiger partial charge in [-0.15, -0.1) is 10.2 Å². The van der Waals surface area contributed by atoms with Crippen LogP contribution in [-0.4, -0.2) is 64.2 Å². The van der Waals surface area contributed by atoms with Gasteiger partial charge in [0.15, 0.2) is 22.5 Å². The quantitative estimate of drug-likeness (QED) is 0.158. The molecule has 0 bridgehead atoms. The van der Waals surface area contributed by atoms with E-state index >= 15 is 0 Å². The van der Waals surface area contributed by atoms with Gasteiger partial charge < -0.3 is 24.4 Å². The van der Waals surface area contributed by atoms with Gasteiger partial charge in [0.1, 0.15) is 11.5 Å². The van der Waals surface area contributed by atoms with Crippen molar-refractivity contribution in [3.63, 3.8) is 0 Å². The third-order valence-corrected chi connectivity index (χ3v) is 6.24. The number of aromatic hydroxyl groups is 2. The van der Waals surface area contributed by atoms with Crippen LogP contribution in [0.1, 0.15) is 5.56 Å². The van der Waals surface area contributed by atoms with Crippen molar-refractivity contribution in [1.29, 1.82) is 0 Å². The predicted molar refractivity (Wildman–Crippen MR) is 143 cm³/mol. The summed E-state index contributed by atoms with van der Waals surface area (Å²) in [4.78, 5) is 12.5. The van der Waals surface area contributed by atoms with E-state index in [2.05, 4.69) is 20.7 Å². The third kappa shape index (κ3) is 5.81. The second kappa shape index (κ2) is 12.0. The molecular formula is C26H25N5O6S. The Morgan fingerprint density at radius 3 is 2.34 bits per heavy atom. The molecule has 1 aromatic heterocycles. The Balaban J connectivity index is 1.59. The lowest BCUT2D eigenvalue weighted by Gasteiger charge is -2.15. The van der Waals surface area contributed by atoms with Crippen LogP contribution in [0.3, 0.4) is 0 Å². The van der Waals surface area contributed by atoms with Gasteiger partial charge in [-0.2, -0.15) is 5.10 Å². The number of thioether (sulfide) groups is 1. The third-order valence-electron chi connectivity index (χ3n) is 5.31. The number of hydrogen-bond acceptors (Lipinski definition) is 10. The Kier molecular flexibility index (Phi) is 8.34. The lowest BCUT2D eigenvalue weighted by atomic mass is 10.1. The molecule has 196 valence electrons. The average Bonchev–Trinajstić information content (AvgIpc) is 3.36. The number of methoxy groups -OCH3 is 3. The van der Waals surface area contributed by atoms with Crippen molar-refractivity contribution in [1.82, 2.24) is 20.2 Å². The Morgan fingerprint density at radius 2 is 1.71 bits per heavy atom. The number of hydrogen-bond donors (Lipinski definition) is 3. The van der Waals surface area contributed by atoms with Gasteiger partial charge in [-0.05, 0) is 36.4 Å². The normalized spacial score (nSPS) is 10.9. The molecule has 3 N–H and O–H groups in total. The summed E-state index contributed by atoms with van der Waals surface area (Å²) in [6.45, 7) is 0. The molecule has 0 spiro atoms. The second-order valence-electron chi connectivity index (χ2n) is 7.72. The summed E-state index contributed by atoms with van der Waals surface area (Å²) in [5.74, 6) is 1.28. The minimum atomic E-state index is -0.388. The largest absolute Gasteiger partial charge is 0.508 e. The van der Waals surface area contributed by atoms with Gasteiger partial charge in [0.05, 0.1) is 33.3 Å². The van der Waals surface area contributed by atoms with E-state index in [4.69, 9.17) is 14.2 Å². The first-order valence-electron chi connectivity index (χ1n) is 11.2. The highest BCUT2D eigenvalue weighted by atomic mass is 32.2. The van der Waals surface area contributed by atoms with E-state index in [0.717, 1.165) is 5.69 Å². The van der Waals surface area contributed by atoms with Gasteiger partial charge in [-0.1, -0.05) is 30.0 Å². The molecule has 0 unspecified atom stereocenters. The molecule has 1 heterocycles. The van der Waals surface area contributed by atoms with Crippen molar-refractivity contribution in [3.05, 3.63) is 66.2 Å². The fourth-order valence-corrected chi connectivity index (χ4v) is 4.29. The summed E-state index contributed by atoms with van der Waals surface area (Å²) < 4.78 is 18.2. The smallest absolute Gasteiger partial charge is 0.250 e. The van der Waals surface area contributed by atoms with Crippen LogP contribution in [0, 0.1) is 0 Å². The Morgan fingerprint density at radius 1 is 1.00 bits per heavy atom. The van der Waals surface area contributed by atoms with Gasteiger partial charge in [0.25, 0.3) is 5.91 Å². The van der Waals surface area contributed by atoms with Crippen molar-refractivity contribution >= 4 is 23.9 Å². The summed E-state index contributed by atoms with van der Waals surface area (Å²) in [6.07, 6.45) is 1.28. The highest BCUT2D eigenvalue weighted by Gasteiger charge is 2.21. The molecule has 0 atom stereocenters. The molecule has 12 heteroatoms. The molecule has 0 aliphatic rings. The number of phenolic OH excluding ortho intramolecular Hbond substituents is 2. The van der Waals surface area contributed by atoms with E-state index in [1.165, 1.54) is 57.5 Å². The molecule has 0 aliphatic carbocycles. The first-order valence-corrected chi connectivity index (χ1v) is 12.2. The summed E-state index contributed by atoms with van der Waals surface area (Å²) in [6, 6.07) is 17.1. The molecule has 4 aromatic rings. The van der Waals surface area contributed by atoms with E-state index < -0.39 is 0 Å². The lowest BCUT2D eigenvalue weighted by Crippen LogP contribution is -2.20. The monoisotopic (exact) mass is 535 g/mol. The molecule has 3 aromatic carbocycles. The molecule has 0 saturated heterocycles. The zero-order valence-corrected chi connectivity index (χ0v) is 21.6. The molecule has 1 amide bonds. The number of nitrogens with one attached hydrogen (secondary N) is 1. The number of carbonyl (C=O) groups excluding carboxylic acids is 1. The highest BCUT2D eigenvalue weighted by Crippen LogP contribution is 2.41. The van der Waals surface area contributed by atoms with Crippen LogP contribution >= 0.6 is 11.8 Å². The van der Waals surface area contributed by atoms with E-state index in [9.17, 15) is 15.0 Å². The Bertz CT molecular complexity index is 1430. The molecule has 0 aliphatic heterocycles. The molecule has 0 fully saturated rings. The maximum atomic E-state index is 12.5. The molecule has 11 nitrogen and oxygen atoms in total.